The highest BCUT2D eigenvalue weighted by Gasteiger charge is 2.04. The summed E-state index contributed by atoms with van der Waals surface area (Å²) < 4.78 is 1.90. The molecule has 0 spiro atoms. The van der Waals surface area contributed by atoms with Crippen molar-refractivity contribution in [2.45, 2.75) is 6.54 Å². The first kappa shape index (κ1) is 16.9. The topological polar surface area (TPSA) is 38.1 Å². The maximum atomic E-state index is 12.4. The molecule has 4 nitrogen and oxygen atoms in total. The van der Waals surface area contributed by atoms with Crippen molar-refractivity contribution in [3.05, 3.63) is 90.0 Å². The molecule has 1 aromatic heterocycles. The molecule has 0 amide bonds. The minimum atomic E-state index is -0.00293. The predicted molar refractivity (Wildman–Crippen MR) is 101 cm³/mol. The Kier molecular flexibility index (Phi) is 5.21. The van der Waals surface area contributed by atoms with Crippen LogP contribution in [0, 0.1) is 0 Å². The molecule has 0 bridgehead atoms. The number of carbonyl (C=O) groups is 1. The highest BCUT2D eigenvalue weighted by Crippen LogP contribution is 2.14. The van der Waals surface area contributed by atoms with Crippen LogP contribution in [-0.4, -0.2) is 34.3 Å². The maximum Gasteiger partial charge on any atom is 0.185 e. The Morgan fingerprint density at radius 1 is 1.12 bits per heavy atom. The maximum absolute atomic E-state index is 12.4. The summed E-state index contributed by atoms with van der Waals surface area (Å²) in [6.45, 7) is 0.842. The molecule has 0 unspecified atom stereocenters. The van der Waals surface area contributed by atoms with Gasteiger partial charge in [-0.15, -0.1) is 0 Å². The van der Waals surface area contributed by atoms with Gasteiger partial charge >= 0.3 is 0 Å². The Morgan fingerprint density at radius 3 is 2.56 bits per heavy atom. The van der Waals surface area contributed by atoms with Gasteiger partial charge in [-0.1, -0.05) is 30.3 Å². The van der Waals surface area contributed by atoms with Crippen LogP contribution in [0.3, 0.4) is 0 Å². The lowest BCUT2D eigenvalue weighted by Crippen LogP contribution is -2.11. The molecule has 25 heavy (non-hydrogen) atoms. The molecule has 4 heteroatoms. The molecule has 0 saturated carbocycles. The van der Waals surface area contributed by atoms with Gasteiger partial charge in [-0.25, -0.2) is 4.98 Å². The SMILES string of the molecule is CN(C)Cc1ccccc1/C=C/C(=O)c1ccc(-n2ccnc2)cc1. The van der Waals surface area contributed by atoms with Crippen molar-refractivity contribution in [3.63, 3.8) is 0 Å². The summed E-state index contributed by atoms with van der Waals surface area (Å²) >= 11 is 0. The molecular weight excluding hydrogens is 310 g/mol. The van der Waals surface area contributed by atoms with E-state index in [4.69, 9.17) is 0 Å². The van der Waals surface area contributed by atoms with Gasteiger partial charge in [0.05, 0.1) is 6.33 Å². The van der Waals surface area contributed by atoms with E-state index in [0.29, 0.717) is 5.56 Å². The fourth-order valence-corrected chi connectivity index (χ4v) is 2.65. The quantitative estimate of drug-likeness (QED) is 0.509. The number of nitrogens with zero attached hydrogens (tertiary/aromatic N) is 3. The number of hydrogen-bond donors (Lipinski definition) is 0. The van der Waals surface area contributed by atoms with Gasteiger partial charge < -0.3 is 9.47 Å². The first-order chi connectivity index (χ1) is 12.1. The zero-order valence-electron chi connectivity index (χ0n) is 14.5. The zero-order chi connectivity index (χ0) is 17.6. The monoisotopic (exact) mass is 331 g/mol. The van der Waals surface area contributed by atoms with Crippen molar-refractivity contribution in [1.29, 1.82) is 0 Å². The Morgan fingerprint density at radius 2 is 1.88 bits per heavy atom. The van der Waals surface area contributed by atoms with Gasteiger partial charge in [0.2, 0.25) is 0 Å². The predicted octanol–water partition coefficient (Wildman–Crippen LogP) is 3.83. The second-order valence-electron chi connectivity index (χ2n) is 6.15. The zero-order valence-corrected chi connectivity index (χ0v) is 14.5. The molecule has 0 aliphatic rings. The van der Waals surface area contributed by atoms with Crippen LogP contribution >= 0.6 is 0 Å². The van der Waals surface area contributed by atoms with Crippen LogP contribution in [0.2, 0.25) is 0 Å². The average molecular weight is 331 g/mol. The highest BCUT2D eigenvalue weighted by atomic mass is 16.1. The molecule has 1 heterocycles. The number of carbonyl (C=O) groups excluding carboxylic acids is 1. The summed E-state index contributed by atoms with van der Waals surface area (Å²) in [4.78, 5) is 18.6. The molecule has 3 aromatic rings. The number of ketones is 1. The molecule has 0 aliphatic carbocycles. The van der Waals surface area contributed by atoms with Gasteiger partial charge in [-0.05, 0) is 55.6 Å². The van der Waals surface area contributed by atoms with Gasteiger partial charge in [-0.3, -0.25) is 4.79 Å². The molecule has 0 aliphatic heterocycles. The fourth-order valence-electron chi connectivity index (χ4n) is 2.65. The summed E-state index contributed by atoms with van der Waals surface area (Å²) in [5.41, 5.74) is 3.92. The Bertz CT molecular complexity index is 862. The van der Waals surface area contributed by atoms with Crippen LogP contribution in [-0.2, 0) is 6.54 Å². The lowest BCUT2D eigenvalue weighted by atomic mass is 10.0. The largest absolute Gasteiger partial charge is 0.306 e. The highest BCUT2D eigenvalue weighted by molar-refractivity contribution is 6.06. The summed E-state index contributed by atoms with van der Waals surface area (Å²) in [5.74, 6) is -0.00293. The van der Waals surface area contributed by atoms with Crippen molar-refractivity contribution < 1.29 is 4.79 Å². The van der Waals surface area contributed by atoms with Crippen molar-refractivity contribution in [1.82, 2.24) is 14.5 Å². The van der Waals surface area contributed by atoms with Crippen LogP contribution < -0.4 is 0 Å². The molecule has 0 N–H and O–H groups in total. The summed E-state index contributed by atoms with van der Waals surface area (Å²) in [5, 5.41) is 0. The molecule has 0 fully saturated rings. The second kappa shape index (κ2) is 7.73. The van der Waals surface area contributed by atoms with Gasteiger partial charge in [0, 0.05) is 30.2 Å². The third-order valence-corrected chi connectivity index (χ3v) is 3.91. The minimum absolute atomic E-state index is 0.00293. The first-order valence-corrected chi connectivity index (χ1v) is 8.17. The van der Waals surface area contributed by atoms with E-state index in [1.54, 1.807) is 18.6 Å². The van der Waals surface area contributed by atoms with E-state index in [9.17, 15) is 4.79 Å². The number of imidazole rings is 1. The fraction of sp³-hybridized carbons (Fsp3) is 0.143. The Labute approximate surface area is 148 Å². The Hall–Kier alpha value is -2.98. The molecule has 2 aromatic carbocycles. The molecular formula is C21H21N3O. The lowest BCUT2D eigenvalue weighted by Gasteiger charge is -2.12. The molecule has 0 saturated heterocycles. The summed E-state index contributed by atoms with van der Waals surface area (Å²) in [7, 11) is 4.07. The Balaban J connectivity index is 1.75. The van der Waals surface area contributed by atoms with Crippen LogP contribution in [0.5, 0.6) is 0 Å². The van der Waals surface area contributed by atoms with E-state index in [1.165, 1.54) is 5.56 Å². The average Bonchev–Trinajstić information content (AvgIpc) is 3.15. The van der Waals surface area contributed by atoms with Gasteiger partial charge in [0.1, 0.15) is 0 Å². The van der Waals surface area contributed by atoms with E-state index in [-0.39, 0.29) is 5.78 Å². The number of rotatable bonds is 6. The van der Waals surface area contributed by atoms with Crippen LogP contribution in [0.4, 0.5) is 0 Å². The second-order valence-corrected chi connectivity index (χ2v) is 6.15. The molecule has 3 rings (SSSR count). The smallest absolute Gasteiger partial charge is 0.185 e. The number of hydrogen-bond acceptors (Lipinski definition) is 3. The summed E-state index contributed by atoms with van der Waals surface area (Å²) in [6, 6.07) is 15.7. The molecule has 0 radical (unpaired) electrons. The van der Waals surface area contributed by atoms with Crippen LogP contribution in [0.15, 0.2) is 73.3 Å². The van der Waals surface area contributed by atoms with Gasteiger partial charge in [0.15, 0.2) is 5.78 Å². The van der Waals surface area contributed by atoms with E-state index in [0.717, 1.165) is 17.8 Å². The van der Waals surface area contributed by atoms with E-state index in [1.807, 2.05) is 73.4 Å². The number of benzene rings is 2. The van der Waals surface area contributed by atoms with Crippen LogP contribution in [0.25, 0.3) is 11.8 Å². The molecule has 126 valence electrons. The van der Waals surface area contributed by atoms with Crippen molar-refractivity contribution in [2.24, 2.45) is 0 Å². The lowest BCUT2D eigenvalue weighted by molar-refractivity contribution is 0.104. The van der Waals surface area contributed by atoms with Crippen molar-refractivity contribution in [2.75, 3.05) is 14.1 Å². The first-order valence-electron chi connectivity index (χ1n) is 8.17. The third-order valence-electron chi connectivity index (χ3n) is 3.91. The normalized spacial score (nSPS) is 11.3. The van der Waals surface area contributed by atoms with Gasteiger partial charge in [0.25, 0.3) is 0 Å². The number of aromatic nitrogens is 2. The third kappa shape index (κ3) is 4.31. The van der Waals surface area contributed by atoms with Crippen LogP contribution in [0.1, 0.15) is 21.5 Å². The van der Waals surface area contributed by atoms with Crippen molar-refractivity contribution in [3.8, 4) is 5.69 Å². The minimum Gasteiger partial charge on any atom is -0.306 e. The van der Waals surface area contributed by atoms with E-state index < -0.39 is 0 Å². The summed E-state index contributed by atoms with van der Waals surface area (Å²) in [6.07, 6.45) is 8.87. The molecule has 0 atom stereocenters. The standard InChI is InChI=1S/C21H21N3O/c1-23(2)15-19-6-4-3-5-17(19)9-12-21(25)18-7-10-20(11-8-18)24-14-13-22-16-24/h3-14,16H,15H2,1-2H3/b12-9+. The number of allylic oxidation sites excluding steroid dienone is 1. The van der Waals surface area contributed by atoms with E-state index >= 15 is 0 Å². The van der Waals surface area contributed by atoms with Gasteiger partial charge in [-0.2, -0.15) is 0 Å². The van der Waals surface area contributed by atoms with E-state index in [2.05, 4.69) is 16.0 Å². The van der Waals surface area contributed by atoms with Crippen molar-refractivity contribution >= 4 is 11.9 Å².